The van der Waals surface area contributed by atoms with E-state index in [1.54, 1.807) is 28.6 Å². The van der Waals surface area contributed by atoms with Crippen LogP contribution in [-0.2, 0) is 14.8 Å². The number of nitrogens with zero attached hydrogens (tertiary/aromatic N) is 1. The first-order valence-corrected chi connectivity index (χ1v) is 11.6. The van der Waals surface area contributed by atoms with Crippen LogP contribution in [0.3, 0.4) is 0 Å². The van der Waals surface area contributed by atoms with Crippen molar-refractivity contribution < 1.29 is 13.2 Å². The summed E-state index contributed by atoms with van der Waals surface area (Å²) in [5, 5.41) is 8.06. The van der Waals surface area contributed by atoms with Crippen LogP contribution >= 0.6 is 0 Å². The molecule has 156 valence electrons. The molecular formula is C23H25N3O3S. The molecule has 3 aromatic rings. The van der Waals surface area contributed by atoms with Crippen LogP contribution in [0.5, 0.6) is 0 Å². The zero-order chi connectivity index (χ0) is 21.0. The molecule has 1 aliphatic rings. The van der Waals surface area contributed by atoms with Crippen LogP contribution in [0.4, 0.5) is 11.4 Å². The average Bonchev–Trinajstić information content (AvgIpc) is 2.78. The highest BCUT2D eigenvalue weighted by atomic mass is 32.2. The van der Waals surface area contributed by atoms with Crippen LogP contribution in [0, 0.1) is 0 Å². The maximum Gasteiger partial charge on any atom is 0.243 e. The fourth-order valence-corrected chi connectivity index (χ4v) is 5.24. The van der Waals surface area contributed by atoms with Crippen LogP contribution in [0.15, 0.2) is 71.6 Å². The molecule has 0 atom stereocenters. The largest absolute Gasteiger partial charge is 0.376 e. The molecular weight excluding hydrogens is 398 g/mol. The molecule has 0 aromatic heterocycles. The lowest BCUT2D eigenvalue weighted by Crippen LogP contribution is -2.35. The molecule has 6 nitrogen and oxygen atoms in total. The number of fused-ring (bicyclic) bond motifs is 1. The molecule has 2 N–H and O–H groups in total. The lowest BCUT2D eigenvalue weighted by Gasteiger charge is -2.26. The number of sulfonamides is 1. The topological polar surface area (TPSA) is 78.5 Å². The Morgan fingerprint density at radius 1 is 0.833 bits per heavy atom. The van der Waals surface area contributed by atoms with E-state index in [2.05, 4.69) is 10.6 Å². The summed E-state index contributed by atoms with van der Waals surface area (Å²) in [6.07, 6.45) is 2.86. The zero-order valence-electron chi connectivity index (χ0n) is 16.7. The summed E-state index contributed by atoms with van der Waals surface area (Å²) in [4.78, 5) is 12.6. The second-order valence-electron chi connectivity index (χ2n) is 7.46. The van der Waals surface area contributed by atoms with Gasteiger partial charge < -0.3 is 10.6 Å². The number of hydrogen-bond acceptors (Lipinski definition) is 4. The first kappa shape index (κ1) is 20.4. The molecule has 3 aromatic carbocycles. The fourth-order valence-electron chi connectivity index (χ4n) is 3.68. The first-order valence-electron chi connectivity index (χ1n) is 10.2. The van der Waals surface area contributed by atoms with E-state index < -0.39 is 10.0 Å². The molecule has 1 amide bonds. The first-order chi connectivity index (χ1) is 14.5. The van der Waals surface area contributed by atoms with Crippen molar-refractivity contribution in [2.75, 3.05) is 30.3 Å². The Hall–Kier alpha value is -2.90. The number of nitrogens with one attached hydrogen (secondary N) is 2. The van der Waals surface area contributed by atoms with E-state index in [9.17, 15) is 13.2 Å². The van der Waals surface area contributed by atoms with Crippen molar-refractivity contribution in [3.05, 3.63) is 66.7 Å². The third kappa shape index (κ3) is 4.63. The minimum absolute atomic E-state index is 0.0417. The van der Waals surface area contributed by atoms with Crippen LogP contribution in [0.1, 0.15) is 19.3 Å². The Morgan fingerprint density at radius 3 is 2.40 bits per heavy atom. The predicted octanol–water partition coefficient (Wildman–Crippen LogP) is 4.07. The van der Waals surface area contributed by atoms with Crippen molar-refractivity contribution in [1.82, 2.24) is 4.31 Å². The van der Waals surface area contributed by atoms with Gasteiger partial charge in [0.05, 0.1) is 11.4 Å². The smallest absolute Gasteiger partial charge is 0.243 e. The quantitative estimate of drug-likeness (QED) is 0.627. The van der Waals surface area contributed by atoms with E-state index >= 15 is 0 Å². The number of carbonyl (C=O) groups is 1. The fraction of sp³-hybridized carbons (Fsp3) is 0.261. The van der Waals surface area contributed by atoms with Crippen molar-refractivity contribution in [2.45, 2.75) is 24.2 Å². The van der Waals surface area contributed by atoms with Gasteiger partial charge in [0.2, 0.25) is 15.9 Å². The number of hydrogen-bond donors (Lipinski definition) is 2. The Labute approximate surface area is 177 Å². The van der Waals surface area contributed by atoms with Gasteiger partial charge in [-0.25, -0.2) is 8.42 Å². The van der Waals surface area contributed by atoms with Gasteiger partial charge >= 0.3 is 0 Å². The van der Waals surface area contributed by atoms with Gasteiger partial charge in [-0.2, -0.15) is 4.31 Å². The van der Waals surface area contributed by atoms with Gasteiger partial charge in [0, 0.05) is 24.5 Å². The molecule has 1 fully saturated rings. The monoisotopic (exact) mass is 423 g/mol. The zero-order valence-corrected chi connectivity index (χ0v) is 17.5. The molecule has 0 aliphatic carbocycles. The summed E-state index contributed by atoms with van der Waals surface area (Å²) in [6, 6.07) is 20.4. The number of carbonyl (C=O) groups excluding carboxylic acids is 1. The molecule has 1 heterocycles. The van der Waals surface area contributed by atoms with Crippen molar-refractivity contribution in [3.63, 3.8) is 0 Å². The van der Waals surface area contributed by atoms with Gasteiger partial charge in [-0.05, 0) is 53.9 Å². The molecule has 0 unspecified atom stereocenters. The van der Waals surface area contributed by atoms with Crippen molar-refractivity contribution in [3.8, 4) is 0 Å². The Balaban J connectivity index is 1.39. The molecule has 30 heavy (non-hydrogen) atoms. The van der Waals surface area contributed by atoms with Crippen LogP contribution < -0.4 is 10.6 Å². The van der Waals surface area contributed by atoms with Crippen LogP contribution in [0.25, 0.3) is 10.8 Å². The summed E-state index contributed by atoms with van der Waals surface area (Å²) in [6.45, 7) is 1.17. The van der Waals surface area contributed by atoms with Gasteiger partial charge in [0.25, 0.3) is 0 Å². The summed E-state index contributed by atoms with van der Waals surface area (Å²) in [5.74, 6) is -0.199. The van der Waals surface area contributed by atoms with Gasteiger partial charge in [0.1, 0.15) is 0 Å². The molecule has 4 rings (SSSR count). The maximum absolute atomic E-state index is 12.8. The average molecular weight is 424 g/mol. The number of piperidine rings is 1. The lowest BCUT2D eigenvalue weighted by atomic mass is 10.1. The molecule has 1 saturated heterocycles. The van der Waals surface area contributed by atoms with E-state index in [0.29, 0.717) is 18.8 Å². The van der Waals surface area contributed by atoms with E-state index in [4.69, 9.17) is 0 Å². The van der Waals surface area contributed by atoms with Gasteiger partial charge in [-0.3, -0.25) is 4.79 Å². The highest BCUT2D eigenvalue weighted by Gasteiger charge is 2.25. The summed E-state index contributed by atoms with van der Waals surface area (Å²) in [7, 11) is -3.50. The van der Waals surface area contributed by atoms with Crippen LogP contribution in [-0.4, -0.2) is 38.3 Å². The molecule has 0 radical (unpaired) electrons. The third-order valence-electron chi connectivity index (χ3n) is 5.27. The number of benzene rings is 3. The Kier molecular flexibility index (Phi) is 6.01. The molecule has 0 spiro atoms. The van der Waals surface area contributed by atoms with E-state index in [1.165, 1.54) is 0 Å². The molecule has 0 bridgehead atoms. The predicted molar refractivity (Wildman–Crippen MR) is 120 cm³/mol. The van der Waals surface area contributed by atoms with Crippen LogP contribution in [0.2, 0.25) is 0 Å². The second-order valence-corrected chi connectivity index (χ2v) is 9.39. The van der Waals surface area contributed by atoms with Gasteiger partial charge in [-0.1, -0.05) is 42.8 Å². The normalized spacial score (nSPS) is 15.1. The van der Waals surface area contributed by atoms with Crippen molar-refractivity contribution in [2.24, 2.45) is 0 Å². The number of rotatable bonds is 6. The SMILES string of the molecule is O=C(CNc1cccc(S(=O)(=O)N2CCCCC2)c1)Nc1ccc2ccccc2c1. The maximum atomic E-state index is 12.8. The van der Waals surface area contributed by atoms with E-state index in [-0.39, 0.29) is 17.3 Å². The Morgan fingerprint density at radius 2 is 1.60 bits per heavy atom. The minimum atomic E-state index is -3.50. The summed E-state index contributed by atoms with van der Waals surface area (Å²) < 4.78 is 27.2. The van der Waals surface area contributed by atoms with Gasteiger partial charge in [0.15, 0.2) is 0 Å². The summed E-state index contributed by atoms with van der Waals surface area (Å²) in [5.41, 5.74) is 1.32. The number of amides is 1. The minimum Gasteiger partial charge on any atom is -0.376 e. The third-order valence-corrected chi connectivity index (χ3v) is 7.17. The van der Waals surface area contributed by atoms with E-state index in [1.807, 2.05) is 42.5 Å². The molecule has 1 aliphatic heterocycles. The standard InChI is InChI=1S/C23H25N3O3S/c27-23(25-21-12-11-18-7-2-3-8-19(18)15-21)17-24-20-9-6-10-22(16-20)30(28,29)26-13-4-1-5-14-26/h2-3,6-12,15-16,24H,1,4-5,13-14,17H2,(H,25,27). The van der Waals surface area contributed by atoms with E-state index in [0.717, 1.165) is 35.7 Å². The molecule has 0 saturated carbocycles. The van der Waals surface area contributed by atoms with Crippen molar-refractivity contribution in [1.29, 1.82) is 0 Å². The lowest BCUT2D eigenvalue weighted by molar-refractivity contribution is -0.114. The highest BCUT2D eigenvalue weighted by molar-refractivity contribution is 7.89. The number of anilines is 2. The Bertz CT molecular complexity index is 1160. The molecule has 7 heteroatoms. The van der Waals surface area contributed by atoms with Gasteiger partial charge in [-0.15, -0.1) is 0 Å². The highest BCUT2D eigenvalue weighted by Crippen LogP contribution is 2.23. The van der Waals surface area contributed by atoms with Crippen molar-refractivity contribution >= 4 is 38.1 Å². The second kappa shape index (κ2) is 8.85. The summed E-state index contributed by atoms with van der Waals surface area (Å²) >= 11 is 0.